The summed E-state index contributed by atoms with van der Waals surface area (Å²) in [6.45, 7) is -2.24. The van der Waals surface area contributed by atoms with E-state index >= 15 is 0 Å². The molecule has 0 bridgehead atoms. The van der Waals surface area contributed by atoms with Crippen molar-refractivity contribution in [3.05, 3.63) is 29.8 Å². The molecule has 1 aromatic carbocycles. The van der Waals surface area contributed by atoms with E-state index in [1.807, 2.05) is 12.1 Å². The van der Waals surface area contributed by atoms with Crippen LogP contribution in [0.25, 0.3) is 0 Å². The van der Waals surface area contributed by atoms with E-state index in [0.717, 1.165) is 31.2 Å². The topological polar surface area (TPSA) is 30.5 Å². The summed E-state index contributed by atoms with van der Waals surface area (Å²) < 4.78 is 34.5. The largest absolute Gasteiger partial charge is 0.434 e. The van der Waals surface area contributed by atoms with Crippen molar-refractivity contribution in [3.63, 3.8) is 0 Å². The summed E-state index contributed by atoms with van der Waals surface area (Å²) in [7, 11) is 1.75. The fourth-order valence-corrected chi connectivity index (χ4v) is 2.62. The lowest BCUT2D eigenvalue weighted by Crippen LogP contribution is -2.34. The first-order valence-corrected chi connectivity index (χ1v) is 6.98. The maximum absolute atomic E-state index is 12.3. The van der Waals surface area contributed by atoms with Crippen LogP contribution in [0.5, 0.6) is 5.75 Å². The van der Waals surface area contributed by atoms with Gasteiger partial charge in [-0.25, -0.2) is 0 Å². The van der Waals surface area contributed by atoms with Gasteiger partial charge in [0.25, 0.3) is 0 Å². The number of methoxy groups -OCH3 is 1. The monoisotopic (exact) mass is 285 g/mol. The molecule has 0 saturated heterocycles. The number of ether oxygens (including phenoxy) is 2. The van der Waals surface area contributed by atoms with E-state index < -0.39 is 6.61 Å². The van der Waals surface area contributed by atoms with Crippen LogP contribution in [0.15, 0.2) is 24.3 Å². The number of hydrogen-bond donors (Lipinski definition) is 1. The Morgan fingerprint density at radius 1 is 1.20 bits per heavy atom. The van der Waals surface area contributed by atoms with Gasteiger partial charge in [-0.1, -0.05) is 18.2 Å². The molecule has 0 aliphatic heterocycles. The van der Waals surface area contributed by atoms with Crippen molar-refractivity contribution in [2.45, 2.75) is 51.0 Å². The van der Waals surface area contributed by atoms with E-state index in [1.165, 1.54) is 0 Å². The predicted octanol–water partition coefficient (Wildman–Crippen LogP) is 3.34. The molecule has 0 spiro atoms. The van der Waals surface area contributed by atoms with Gasteiger partial charge < -0.3 is 14.8 Å². The summed E-state index contributed by atoms with van der Waals surface area (Å²) in [5.74, 6) is 0.251. The maximum atomic E-state index is 12.3. The summed E-state index contributed by atoms with van der Waals surface area (Å²) in [6.07, 6.45) is 4.56. The molecule has 1 N–H and O–H groups in total. The average molecular weight is 285 g/mol. The number of benzene rings is 1. The second-order valence-electron chi connectivity index (χ2n) is 5.08. The highest BCUT2D eigenvalue weighted by molar-refractivity contribution is 5.33. The van der Waals surface area contributed by atoms with Crippen molar-refractivity contribution in [1.82, 2.24) is 5.32 Å². The molecule has 1 fully saturated rings. The van der Waals surface area contributed by atoms with Crippen LogP contribution in [-0.4, -0.2) is 25.9 Å². The van der Waals surface area contributed by atoms with E-state index in [1.54, 1.807) is 19.2 Å². The minimum absolute atomic E-state index is 0.251. The molecule has 112 valence electrons. The third-order valence-electron chi connectivity index (χ3n) is 3.78. The number of nitrogens with one attached hydrogen (secondary N) is 1. The van der Waals surface area contributed by atoms with Gasteiger partial charge in [0.1, 0.15) is 5.75 Å². The van der Waals surface area contributed by atoms with E-state index in [9.17, 15) is 8.78 Å². The summed E-state index contributed by atoms with van der Waals surface area (Å²) in [6, 6.07) is 7.33. The van der Waals surface area contributed by atoms with Crippen molar-refractivity contribution in [3.8, 4) is 5.75 Å². The van der Waals surface area contributed by atoms with Gasteiger partial charge in [-0.2, -0.15) is 8.78 Å². The van der Waals surface area contributed by atoms with Crippen LogP contribution in [0.4, 0.5) is 8.78 Å². The molecule has 1 aliphatic carbocycles. The smallest absolute Gasteiger partial charge is 0.387 e. The molecular formula is C15H21F2NO2. The Kier molecular flexibility index (Phi) is 5.73. The number of halogens is 2. The Morgan fingerprint density at radius 2 is 1.90 bits per heavy atom. The molecule has 0 heterocycles. The van der Waals surface area contributed by atoms with Crippen LogP contribution in [0.2, 0.25) is 0 Å². The molecule has 3 nitrogen and oxygen atoms in total. The molecule has 0 unspecified atom stereocenters. The highest BCUT2D eigenvalue weighted by atomic mass is 19.3. The molecule has 20 heavy (non-hydrogen) atoms. The second-order valence-corrected chi connectivity index (χ2v) is 5.08. The van der Waals surface area contributed by atoms with E-state index in [4.69, 9.17) is 4.74 Å². The molecule has 2 rings (SSSR count). The average Bonchev–Trinajstić information content (AvgIpc) is 2.46. The van der Waals surface area contributed by atoms with Crippen LogP contribution in [0.3, 0.4) is 0 Å². The van der Waals surface area contributed by atoms with Crippen molar-refractivity contribution < 1.29 is 18.3 Å². The zero-order valence-electron chi connectivity index (χ0n) is 11.6. The van der Waals surface area contributed by atoms with Gasteiger partial charge in [0, 0.05) is 25.3 Å². The fraction of sp³-hybridized carbons (Fsp3) is 0.600. The number of para-hydroxylation sites is 1. The van der Waals surface area contributed by atoms with Crippen LogP contribution >= 0.6 is 0 Å². The second kappa shape index (κ2) is 7.55. The van der Waals surface area contributed by atoms with Crippen molar-refractivity contribution in [2.24, 2.45) is 0 Å². The first-order valence-electron chi connectivity index (χ1n) is 6.98. The molecule has 0 atom stereocenters. The molecule has 5 heteroatoms. The Balaban J connectivity index is 1.85. The van der Waals surface area contributed by atoms with Gasteiger partial charge in [0.2, 0.25) is 0 Å². The summed E-state index contributed by atoms with van der Waals surface area (Å²) in [5.41, 5.74) is 0.765. The van der Waals surface area contributed by atoms with Gasteiger partial charge >= 0.3 is 6.61 Å². The van der Waals surface area contributed by atoms with Crippen LogP contribution < -0.4 is 10.1 Å². The number of hydrogen-bond acceptors (Lipinski definition) is 3. The van der Waals surface area contributed by atoms with E-state index in [0.29, 0.717) is 18.7 Å². The molecular weight excluding hydrogens is 264 g/mol. The summed E-state index contributed by atoms with van der Waals surface area (Å²) in [4.78, 5) is 0. The third-order valence-corrected chi connectivity index (χ3v) is 3.78. The zero-order valence-corrected chi connectivity index (χ0v) is 11.6. The lowest BCUT2D eigenvalue weighted by atomic mass is 9.93. The number of rotatable bonds is 6. The minimum Gasteiger partial charge on any atom is -0.434 e. The first kappa shape index (κ1) is 15.2. The molecule has 1 aliphatic rings. The highest BCUT2D eigenvalue weighted by Crippen LogP contribution is 2.23. The van der Waals surface area contributed by atoms with Crippen molar-refractivity contribution in [1.29, 1.82) is 0 Å². The zero-order chi connectivity index (χ0) is 14.4. The molecule has 0 amide bonds. The summed E-state index contributed by atoms with van der Waals surface area (Å²) in [5, 5.41) is 3.42. The standard InChI is InChI=1S/C15H21F2NO2/c1-19-13-8-6-12(7-9-13)18-10-11-4-2-3-5-14(11)20-15(16)17/h2-5,12-13,15,18H,6-10H2,1H3. The summed E-state index contributed by atoms with van der Waals surface area (Å²) >= 11 is 0. The predicted molar refractivity (Wildman–Crippen MR) is 73.0 cm³/mol. The lowest BCUT2D eigenvalue weighted by Gasteiger charge is -2.28. The van der Waals surface area contributed by atoms with Crippen LogP contribution in [0, 0.1) is 0 Å². The Labute approximate surface area is 118 Å². The van der Waals surface area contributed by atoms with E-state index in [-0.39, 0.29) is 5.75 Å². The van der Waals surface area contributed by atoms with Gasteiger partial charge in [0.15, 0.2) is 0 Å². The molecule has 0 aromatic heterocycles. The van der Waals surface area contributed by atoms with Gasteiger partial charge in [-0.05, 0) is 31.7 Å². The van der Waals surface area contributed by atoms with Crippen molar-refractivity contribution >= 4 is 0 Å². The maximum Gasteiger partial charge on any atom is 0.387 e. The lowest BCUT2D eigenvalue weighted by molar-refractivity contribution is -0.0505. The Morgan fingerprint density at radius 3 is 2.55 bits per heavy atom. The third kappa shape index (κ3) is 4.42. The van der Waals surface area contributed by atoms with Gasteiger partial charge in [0.05, 0.1) is 6.10 Å². The Bertz CT molecular complexity index is 407. The van der Waals surface area contributed by atoms with Crippen LogP contribution in [-0.2, 0) is 11.3 Å². The van der Waals surface area contributed by atoms with Gasteiger partial charge in [-0.15, -0.1) is 0 Å². The number of alkyl halides is 2. The highest BCUT2D eigenvalue weighted by Gasteiger charge is 2.20. The molecule has 1 saturated carbocycles. The van der Waals surface area contributed by atoms with E-state index in [2.05, 4.69) is 10.1 Å². The van der Waals surface area contributed by atoms with Crippen molar-refractivity contribution in [2.75, 3.05) is 7.11 Å². The SMILES string of the molecule is COC1CCC(NCc2ccccc2OC(F)F)CC1. The molecule has 1 aromatic rings. The quantitative estimate of drug-likeness (QED) is 0.869. The molecule has 0 radical (unpaired) electrons. The van der Waals surface area contributed by atoms with Gasteiger partial charge in [-0.3, -0.25) is 0 Å². The van der Waals surface area contributed by atoms with Crippen LogP contribution in [0.1, 0.15) is 31.2 Å². The first-order chi connectivity index (χ1) is 9.69. The minimum atomic E-state index is -2.78. The normalized spacial score (nSPS) is 23.0. The Hall–Kier alpha value is -1.20. The fourth-order valence-electron chi connectivity index (χ4n) is 2.62.